The second-order valence-corrected chi connectivity index (χ2v) is 4.75. The Hall–Kier alpha value is -1.88. The average molecular weight is 262 g/mol. The Labute approximate surface area is 112 Å². The van der Waals surface area contributed by atoms with Gasteiger partial charge in [0, 0.05) is 24.9 Å². The number of aryl methyl sites for hydroxylation is 1. The van der Waals surface area contributed by atoms with E-state index in [4.69, 9.17) is 10.5 Å². The van der Waals surface area contributed by atoms with E-state index in [9.17, 15) is 9.59 Å². The molecule has 102 valence electrons. The molecule has 5 heteroatoms. The smallest absolute Gasteiger partial charge is 0.229 e. The van der Waals surface area contributed by atoms with Gasteiger partial charge in [-0.15, -0.1) is 0 Å². The SMILES string of the molecule is COc1ccc(C)cc1C(N)CN1C(=O)CCC1=O. The standard InChI is InChI=1S/C14H18N2O3/c1-9-3-4-12(19-2)10(7-9)11(15)8-16-13(17)5-6-14(16)18/h3-4,7,11H,5-6,8,15H2,1-2H3. The molecule has 0 saturated carbocycles. The van der Waals surface area contributed by atoms with Crippen molar-refractivity contribution in [3.05, 3.63) is 29.3 Å². The summed E-state index contributed by atoms with van der Waals surface area (Å²) >= 11 is 0. The van der Waals surface area contributed by atoms with Crippen molar-refractivity contribution >= 4 is 11.8 Å². The third-order valence-corrected chi connectivity index (χ3v) is 3.32. The zero-order valence-electron chi connectivity index (χ0n) is 11.2. The van der Waals surface area contributed by atoms with Gasteiger partial charge in [-0.2, -0.15) is 0 Å². The fourth-order valence-electron chi connectivity index (χ4n) is 2.27. The molecule has 19 heavy (non-hydrogen) atoms. The highest BCUT2D eigenvalue weighted by atomic mass is 16.5. The number of benzene rings is 1. The van der Waals surface area contributed by atoms with Crippen LogP contribution in [0.3, 0.4) is 0 Å². The number of nitrogens with zero attached hydrogens (tertiary/aromatic N) is 1. The zero-order valence-corrected chi connectivity index (χ0v) is 11.2. The van der Waals surface area contributed by atoms with Gasteiger partial charge in [0.2, 0.25) is 11.8 Å². The van der Waals surface area contributed by atoms with Crippen molar-refractivity contribution in [2.75, 3.05) is 13.7 Å². The van der Waals surface area contributed by atoms with Crippen LogP contribution >= 0.6 is 0 Å². The third-order valence-electron chi connectivity index (χ3n) is 3.32. The predicted molar refractivity (Wildman–Crippen MR) is 70.6 cm³/mol. The molecule has 0 aliphatic carbocycles. The first-order valence-corrected chi connectivity index (χ1v) is 6.26. The van der Waals surface area contributed by atoms with Gasteiger partial charge < -0.3 is 10.5 Å². The third kappa shape index (κ3) is 2.76. The monoisotopic (exact) mass is 262 g/mol. The maximum absolute atomic E-state index is 11.6. The van der Waals surface area contributed by atoms with Gasteiger partial charge in [-0.05, 0) is 13.0 Å². The Kier molecular flexibility index (Phi) is 3.85. The zero-order chi connectivity index (χ0) is 14.0. The first-order valence-electron chi connectivity index (χ1n) is 6.26. The molecule has 1 atom stereocenters. The van der Waals surface area contributed by atoms with Gasteiger partial charge in [0.1, 0.15) is 5.75 Å². The van der Waals surface area contributed by atoms with E-state index >= 15 is 0 Å². The number of nitrogens with two attached hydrogens (primary N) is 1. The second-order valence-electron chi connectivity index (χ2n) is 4.75. The molecule has 0 spiro atoms. The number of ether oxygens (including phenoxy) is 1. The van der Waals surface area contributed by atoms with Crippen molar-refractivity contribution in [2.24, 2.45) is 5.73 Å². The van der Waals surface area contributed by atoms with Crippen LogP contribution in [-0.4, -0.2) is 30.4 Å². The molecule has 2 rings (SSSR count). The number of amides is 2. The molecule has 1 aromatic rings. The molecule has 0 bridgehead atoms. The molecule has 2 amide bonds. The van der Waals surface area contributed by atoms with Crippen molar-refractivity contribution in [1.29, 1.82) is 0 Å². The number of methoxy groups -OCH3 is 1. The molecule has 0 aromatic heterocycles. The highest BCUT2D eigenvalue weighted by Gasteiger charge is 2.30. The lowest BCUT2D eigenvalue weighted by atomic mass is 10.0. The van der Waals surface area contributed by atoms with Crippen LogP contribution in [0.2, 0.25) is 0 Å². The fourth-order valence-corrected chi connectivity index (χ4v) is 2.27. The van der Waals surface area contributed by atoms with E-state index in [1.165, 1.54) is 4.90 Å². The van der Waals surface area contributed by atoms with Gasteiger partial charge in [0.25, 0.3) is 0 Å². The van der Waals surface area contributed by atoms with Gasteiger partial charge in [-0.25, -0.2) is 0 Å². The molecule has 2 N–H and O–H groups in total. The molecule has 1 unspecified atom stereocenters. The Balaban J connectivity index is 2.20. The van der Waals surface area contributed by atoms with Crippen molar-refractivity contribution in [3.8, 4) is 5.75 Å². The summed E-state index contributed by atoms with van der Waals surface area (Å²) in [6, 6.07) is 5.27. The minimum Gasteiger partial charge on any atom is -0.496 e. The first-order chi connectivity index (χ1) is 9.02. The molecule has 1 aliphatic rings. The summed E-state index contributed by atoms with van der Waals surface area (Å²) in [5, 5.41) is 0. The van der Waals surface area contributed by atoms with Crippen LogP contribution in [0.25, 0.3) is 0 Å². The minimum atomic E-state index is -0.430. The largest absolute Gasteiger partial charge is 0.496 e. The van der Waals surface area contributed by atoms with Gasteiger partial charge in [-0.3, -0.25) is 14.5 Å². The van der Waals surface area contributed by atoms with Crippen molar-refractivity contribution in [3.63, 3.8) is 0 Å². The molecule has 1 aromatic carbocycles. The van der Waals surface area contributed by atoms with Crippen LogP contribution in [0, 0.1) is 6.92 Å². The Morgan fingerprint density at radius 1 is 1.32 bits per heavy atom. The summed E-state index contributed by atoms with van der Waals surface area (Å²) in [7, 11) is 1.58. The Bertz CT molecular complexity index is 497. The van der Waals surface area contributed by atoms with Crippen LogP contribution in [0.4, 0.5) is 0 Å². The Morgan fingerprint density at radius 2 is 1.95 bits per heavy atom. The maximum atomic E-state index is 11.6. The van der Waals surface area contributed by atoms with Crippen molar-refractivity contribution < 1.29 is 14.3 Å². The fraction of sp³-hybridized carbons (Fsp3) is 0.429. The highest BCUT2D eigenvalue weighted by Crippen LogP contribution is 2.26. The summed E-state index contributed by atoms with van der Waals surface area (Å²) in [6.07, 6.45) is 0.576. The minimum absolute atomic E-state index is 0.146. The van der Waals surface area contributed by atoms with E-state index in [1.807, 2.05) is 25.1 Å². The molecular weight excluding hydrogens is 244 g/mol. The molecule has 1 aliphatic heterocycles. The topological polar surface area (TPSA) is 72.6 Å². The van der Waals surface area contributed by atoms with E-state index in [2.05, 4.69) is 0 Å². The van der Waals surface area contributed by atoms with Crippen molar-refractivity contribution in [1.82, 2.24) is 4.90 Å². The maximum Gasteiger partial charge on any atom is 0.229 e. The van der Waals surface area contributed by atoms with Gasteiger partial charge in [0.05, 0.1) is 13.2 Å². The van der Waals surface area contributed by atoms with E-state index in [0.717, 1.165) is 11.1 Å². The molecule has 1 heterocycles. The summed E-state index contributed by atoms with van der Waals surface area (Å²) in [5.41, 5.74) is 7.99. The van der Waals surface area contributed by atoms with E-state index in [0.29, 0.717) is 5.75 Å². The summed E-state index contributed by atoms with van der Waals surface area (Å²) in [6.45, 7) is 2.17. The number of hydrogen-bond donors (Lipinski definition) is 1. The molecule has 0 radical (unpaired) electrons. The molecule has 5 nitrogen and oxygen atoms in total. The van der Waals surface area contributed by atoms with Gasteiger partial charge in [0.15, 0.2) is 0 Å². The van der Waals surface area contributed by atoms with Crippen LogP contribution in [0.5, 0.6) is 5.75 Å². The normalized spacial score (nSPS) is 16.9. The highest BCUT2D eigenvalue weighted by molar-refractivity contribution is 6.01. The lowest BCUT2D eigenvalue weighted by molar-refractivity contribution is -0.138. The molecule has 1 saturated heterocycles. The number of imide groups is 1. The quantitative estimate of drug-likeness (QED) is 0.826. The van der Waals surface area contributed by atoms with E-state index in [1.54, 1.807) is 7.11 Å². The summed E-state index contributed by atoms with van der Waals surface area (Å²) < 4.78 is 5.27. The number of carbonyl (C=O) groups excluding carboxylic acids is 2. The van der Waals surface area contributed by atoms with Crippen LogP contribution in [0.1, 0.15) is 30.0 Å². The lowest BCUT2D eigenvalue weighted by Crippen LogP contribution is -2.36. The van der Waals surface area contributed by atoms with Crippen LogP contribution in [-0.2, 0) is 9.59 Å². The Morgan fingerprint density at radius 3 is 2.53 bits per heavy atom. The van der Waals surface area contributed by atoms with Crippen LogP contribution < -0.4 is 10.5 Å². The molecule has 1 fully saturated rings. The lowest BCUT2D eigenvalue weighted by Gasteiger charge is -2.21. The number of rotatable bonds is 4. The van der Waals surface area contributed by atoms with Gasteiger partial charge >= 0.3 is 0 Å². The predicted octanol–water partition coefficient (Wildman–Crippen LogP) is 1.15. The number of hydrogen-bond acceptors (Lipinski definition) is 4. The molecular formula is C14H18N2O3. The van der Waals surface area contributed by atoms with E-state index < -0.39 is 6.04 Å². The first kappa shape index (κ1) is 13.5. The average Bonchev–Trinajstić information content (AvgIpc) is 2.70. The van der Waals surface area contributed by atoms with E-state index in [-0.39, 0.29) is 31.2 Å². The van der Waals surface area contributed by atoms with Gasteiger partial charge in [-0.1, -0.05) is 17.7 Å². The summed E-state index contributed by atoms with van der Waals surface area (Å²) in [4.78, 5) is 24.4. The van der Waals surface area contributed by atoms with Crippen molar-refractivity contribution in [2.45, 2.75) is 25.8 Å². The summed E-state index contributed by atoms with van der Waals surface area (Å²) in [5.74, 6) is 0.385. The number of carbonyl (C=O) groups is 2. The van der Waals surface area contributed by atoms with Crippen LogP contribution in [0.15, 0.2) is 18.2 Å². The number of likely N-dealkylation sites (tertiary alicyclic amines) is 1. The second kappa shape index (κ2) is 5.40.